The average Bonchev–Trinajstić information content (AvgIpc) is 3.35. The molecule has 2 N–H and O–H groups in total. The molecule has 0 radical (unpaired) electrons. The molecule has 0 bridgehead atoms. The molecular weight excluding hydrogens is 335 g/mol. The zero-order valence-corrected chi connectivity index (χ0v) is 14.7. The van der Waals surface area contributed by atoms with Gasteiger partial charge in [0.2, 0.25) is 0 Å². The molecule has 1 saturated carbocycles. The van der Waals surface area contributed by atoms with Crippen LogP contribution in [-0.4, -0.2) is 41.7 Å². The van der Waals surface area contributed by atoms with E-state index in [1.807, 2.05) is 6.07 Å². The summed E-state index contributed by atoms with van der Waals surface area (Å²) in [6, 6.07) is 8.04. The van der Waals surface area contributed by atoms with Crippen LogP contribution < -0.4 is 5.32 Å². The molecule has 26 heavy (non-hydrogen) atoms. The second-order valence-corrected chi connectivity index (χ2v) is 7.44. The third-order valence-electron chi connectivity index (χ3n) is 5.18. The van der Waals surface area contributed by atoms with Crippen molar-refractivity contribution in [2.24, 2.45) is 5.92 Å². The lowest BCUT2D eigenvalue weighted by Gasteiger charge is -2.34. The number of hydrogen-bond acceptors (Lipinski definition) is 5. The van der Waals surface area contributed by atoms with E-state index in [0.717, 1.165) is 36.6 Å². The molecular formula is C20H25FN2O3. The second-order valence-electron chi connectivity index (χ2n) is 7.44. The van der Waals surface area contributed by atoms with E-state index in [1.165, 1.54) is 25.0 Å². The van der Waals surface area contributed by atoms with Crippen LogP contribution in [0.15, 0.2) is 34.9 Å². The Morgan fingerprint density at radius 3 is 2.69 bits per heavy atom. The highest BCUT2D eigenvalue weighted by molar-refractivity contribution is 5.57. The Morgan fingerprint density at radius 2 is 1.92 bits per heavy atom. The van der Waals surface area contributed by atoms with Crippen LogP contribution in [0.1, 0.15) is 31.4 Å². The van der Waals surface area contributed by atoms with Crippen LogP contribution in [0.2, 0.25) is 0 Å². The van der Waals surface area contributed by atoms with Gasteiger partial charge in [-0.3, -0.25) is 0 Å². The van der Waals surface area contributed by atoms with Crippen molar-refractivity contribution in [2.75, 3.05) is 13.1 Å². The molecule has 5 nitrogen and oxygen atoms in total. The molecule has 0 unspecified atom stereocenters. The van der Waals surface area contributed by atoms with Gasteiger partial charge >= 0.3 is 0 Å². The number of benzene rings is 1. The molecule has 140 valence electrons. The number of aromatic nitrogens is 1. The van der Waals surface area contributed by atoms with Gasteiger partial charge in [0, 0.05) is 24.6 Å². The third-order valence-corrected chi connectivity index (χ3v) is 5.18. The minimum atomic E-state index is -0.412. The predicted octanol–water partition coefficient (Wildman–Crippen LogP) is 2.93. The summed E-state index contributed by atoms with van der Waals surface area (Å²) in [5.74, 6) is 1.16. The summed E-state index contributed by atoms with van der Waals surface area (Å²) >= 11 is 0. The van der Waals surface area contributed by atoms with E-state index in [9.17, 15) is 9.50 Å². The lowest BCUT2D eigenvalue weighted by Crippen LogP contribution is -2.45. The van der Waals surface area contributed by atoms with Crippen molar-refractivity contribution in [2.45, 2.75) is 50.4 Å². The van der Waals surface area contributed by atoms with Crippen molar-refractivity contribution in [3.05, 3.63) is 41.8 Å². The average molecular weight is 360 g/mol. The van der Waals surface area contributed by atoms with Gasteiger partial charge in [0.05, 0.1) is 24.0 Å². The van der Waals surface area contributed by atoms with Crippen molar-refractivity contribution in [1.29, 1.82) is 0 Å². The highest BCUT2D eigenvalue weighted by Crippen LogP contribution is 2.28. The highest BCUT2D eigenvalue weighted by atomic mass is 19.1. The quantitative estimate of drug-likeness (QED) is 0.795. The maximum atomic E-state index is 13.0. The molecule has 0 spiro atoms. The molecule has 2 aromatic rings. The number of ether oxygens (including phenoxy) is 1. The smallest absolute Gasteiger partial charge is 0.167 e. The summed E-state index contributed by atoms with van der Waals surface area (Å²) in [5, 5.41) is 17.7. The van der Waals surface area contributed by atoms with E-state index in [2.05, 4.69) is 10.5 Å². The molecule has 1 aliphatic heterocycles. The van der Waals surface area contributed by atoms with Gasteiger partial charge in [0.25, 0.3) is 0 Å². The summed E-state index contributed by atoms with van der Waals surface area (Å²) < 4.78 is 24.5. The zero-order chi connectivity index (χ0) is 17.9. The molecule has 3 atom stereocenters. The molecule has 6 heteroatoms. The fraction of sp³-hybridized carbons (Fsp3) is 0.550. The lowest BCUT2D eigenvalue weighted by molar-refractivity contribution is -0.114. The zero-order valence-electron chi connectivity index (χ0n) is 14.7. The SMILES string of the molecule is O[C@H]1CC[C@@H](Cc2cc(-c3ccc(F)cc3)on2)O[C@@H]1CNCC1CC1. The van der Waals surface area contributed by atoms with Crippen LogP contribution in [0.4, 0.5) is 4.39 Å². The van der Waals surface area contributed by atoms with Crippen LogP contribution in [0.3, 0.4) is 0 Å². The third kappa shape index (κ3) is 4.50. The first-order valence-electron chi connectivity index (χ1n) is 9.43. The monoisotopic (exact) mass is 360 g/mol. The number of nitrogens with one attached hydrogen (secondary N) is 1. The Balaban J connectivity index is 1.32. The summed E-state index contributed by atoms with van der Waals surface area (Å²) in [4.78, 5) is 0. The summed E-state index contributed by atoms with van der Waals surface area (Å²) in [6.07, 6.45) is 4.26. The maximum absolute atomic E-state index is 13.0. The van der Waals surface area contributed by atoms with E-state index in [0.29, 0.717) is 18.7 Å². The number of rotatable bonds is 7. The summed E-state index contributed by atoms with van der Waals surface area (Å²) in [7, 11) is 0. The van der Waals surface area contributed by atoms with E-state index in [1.54, 1.807) is 12.1 Å². The van der Waals surface area contributed by atoms with Crippen LogP contribution in [-0.2, 0) is 11.2 Å². The minimum Gasteiger partial charge on any atom is -0.390 e. The molecule has 1 aliphatic carbocycles. The van der Waals surface area contributed by atoms with Crippen molar-refractivity contribution in [3.8, 4) is 11.3 Å². The van der Waals surface area contributed by atoms with E-state index < -0.39 is 6.10 Å². The number of aliphatic hydroxyl groups excluding tert-OH is 1. The first kappa shape index (κ1) is 17.6. The first-order chi connectivity index (χ1) is 12.7. The van der Waals surface area contributed by atoms with Crippen molar-refractivity contribution >= 4 is 0 Å². The fourth-order valence-corrected chi connectivity index (χ4v) is 3.43. The Bertz CT molecular complexity index is 714. The number of hydrogen-bond donors (Lipinski definition) is 2. The normalized spacial score (nSPS) is 26.2. The van der Waals surface area contributed by atoms with Crippen LogP contribution >= 0.6 is 0 Å². The van der Waals surface area contributed by atoms with Gasteiger partial charge < -0.3 is 19.7 Å². The topological polar surface area (TPSA) is 67.5 Å². The van der Waals surface area contributed by atoms with Gasteiger partial charge in [-0.1, -0.05) is 5.16 Å². The molecule has 1 aromatic heterocycles. The molecule has 1 saturated heterocycles. The predicted molar refractivity (Wildman–Crippen MR) is 95.1 cm³/mol. The number of halogens is 1. The fourth-order valence-electron chi connectivity index (χ4n) is 3.43. The Hall–Kier alpha value is -1.76. The van der Waals surface area contributed by atoms with Crippen molar-refractivity contribution in [3.63, 3.8) is 0 Å². The molecule has 4 rings (SSSR count). The van der Waals surface area contributed by atoms with E-state index >= 15 is 0 Å². The summed E-state index contributed by atoms with van der Waals surface area (Å²) in [6.45, 7) is 1.70. The van der Waals surface area contributed by atoms with Crippen molar-refractivity contribution < 1.29 is 18.8 Å². The molecule has 2 fully saturated rings. The van der Waals surface area contributed by atoms with Crippen LogP contribution in [0.5, 0.6) is 0 Å². The molecule has 2 aliphatic rings. The highest BCUT2D eigenvalue weighted by Gasteiger charge is 2.31. The van der Waals surface area contributed by atoms with Gasteiger partial charge in [-0.25, -0.2) is 4.39 Å². The van der Waals surface area contributed by atoms with Gasteiger partial charge in [0.1, 0.15) is 5.82 Å². The Kier molecular flexibility index (Phi) is 5.33. The van der Waals surface area contributed by atoms with Gasteiger partial charge in [0.15, 0.2) is 5.76 Å². The van der Waals surface area contributed by atoms with Gasteiger partial charge in [-0.05, 0) is 62.4 Å². The van der Waals surface area contributed by atoms with Crippen LogP contribution in [0.25, 0.3) is 11.3 Å². The second kappa shape index (κ2) is 7.86. The first-order valence-corrected chi connectivity index (χ1v) is 9.43. The maximum Gasteiger partial charge on any atom is 0.167 e. The number of aliphatic hydroxyl groups is 1. The van der Waals surface area contributed by atoms with Gasteiger partial charge in [-0.2, -0.15) is 0 Å². The molecule has 0 amide bonds. The Morgan fingerprint density at radius 1 is 1.12 bits per heavy atom. The lowest BCUT2D eigenvalue weighted by atomic mass is 9.98. The molecule has 2 heterocycles. The largest absolute Gasteiger partial charge is 0.390 e. The van der Waals surface area contributed by atoms with E-state index in [4.69, 9.17) is 9.26 Å². The number of nitrogens with zero attached hydrogens (tertiary/aromatic N) is 1. The van der Waals surface area contributed by atoms with Crippen molar-refractivity contribution in [1.82, 2.24) is 10.5 Å². The summed E-state index contributed by atoms with van der Waals surface area (Å²) in [5.41, 5.74) is 1.61. The minimum absolute atomic E-state index is 0.0253. The van der Waals surface area contributed by atoms with Gasteiger partial charge in [-0.15, -0.1) is 0 Å². The van der Waals surface area contributed by atoms with Crippen LogP contribution in [0, 0.1) is 11.7 Å². The Labute approximate surface area is 152 Å². The van der Waals surface area contributed by atoms with E-state index in [-0.39, 0.29) is 18.0 Å². The standard InChI is InChI=1S/C20H25FN2O3/c21-15-5-3-14(4-6-15)19-10-16(23-26-19)9-17-7-8-18(24)20(25-17)12-22-11-13-1-2-13/h3-6,10,13,17-18,20,22,24H,1-2,7-9,11-12H2/t17-,18-,20+/m0/s1. The molecule has 1 aromatic carbocycles.